The number of fused-ring (bicyclic) bond motifs is 1. The van der Waals surface area contributed by atoms with Gasteiger partial charge in [-0.2, -0.15) is 0 Å². The molecule has 29 heavy (non-hydrogen) atoms. The van der Waals surface area contributed by atoms with E-state index < -0.39 is 10.0 Å². The molecule has 1 atom stereocenters. The van der Waals surface area contributed by atoms with Gasteiger partial charge in [0.2, 0.25) is 10.0 Å². The quantitative estimate of drug-likeness (QED) is 0.368. The molecule has 3 rings (SSSR count). The molecule has 1 aliphatic heterocycles. The lowest BCUT2D eigenvalue weighted by atomic mass is 9.90. The molecule has 1 aromatic heterocycles. The second-order valence-electron chi connectivity index (χ2n) is 7.56. The van der Waals surface area contributed by atoms with Gasteiger partial charge in [0.15, 0.2) is 5.96 Å². The first-order chi connectivity index (χ1) is 13.7. The Labute approximate surface area is 176 Å². The number of nitrogens with zero attached hydrogens (tertiary/aromatic N) is 1. The predicted molar refractivity (Wildman–Crippen MR) is 117 cm³/mol. The zero-order valence-corrected chi connectivity index (χ0v) is 18.8. The van der Waals surface area contributed by atoms with Crippen LogP contribution in [0.25, 0.3) is 0 Å². The van der Waals surface area contributed by atoms with E-state index in [9.17, 15) is 8.42 Å². The minimum Gasteiger partial charge on any atom is -0.487 e. The summed E-state index contributed by atoms with van der Waals surface area (Å²) in [5, 5.41) is 6.61. The molecule has 158 valence electrons. The lowest BCUT2D eigenvalue weighted by molar-refractivity contribution is 0.0694. The monoisotopic (exact) mass is 436 g/mol. The van der Waals surface area contributed by atoms with E-state index >= 15 is 0 Å². The van der Waals surface area contributed by atoms with Crippen LogP contribution in [0.2, 0.25) is 0 Å². The van der Waals surface area contributed by atoms with Crippen molar-refractivity contribution in [1.82, 2.24) is 15.4 Å². The second kappa shape index (κ2) is 8.73. The Morgan fingerprint density at radius 1 is 1.24 bits per heavy atom. The molecule has 0 aliphatic carbocycles. The van der Waals surface area contributed by atoms with Crippen molar-refractivity contribution in [1.29, 1.82) is 0 Å². The Hall–Kier alpha value is -2.10. The smallest absolute Gasteiger partial charge is 0.250 e. The van der Waals surface area contributed by atoms with Crippen LogP contribution in [0.15, 0.2) is 45.6 Å². The Morgan fingerprint density at radius 3 is 2.69 bits per heavy atom. The van der Waals surface area contributed by atoms with Crippen molar-refractivity contribution in [3.05, 3.63) is 46.8 Å². The largest absolute Gasteiger partial charge is 0.487 e. The van der Waals surface area contributed by atoms with Crippen LogP contribution in [0.3, 0.4) is 0 Å². The molecule has 0 fully saturated rings. The summed E-state index contributed by atoms with van der Waals surface area (Å²) in [6, 6.07) is 11.5. The van der Waals surface area contributed by atoms with Crippen LogP contribution in [-0.4, -0.2) is 40.1 Å². The summed E-state index contributed by atoms with van der Waals surface area (Å²) < 4.78 is 33.6. The van der Waals surface area contributed by atoms with Crippen molar-refractivity contribution in [3.63, 3.8) is 0 Å². The Kier molecular flexibility index (Phi) is 6.50. The first-order valence-corrected chi connectivity index (χ1v) is 11.8. The van der Waals surface area contributed by atoms with Gasteiger partial charge in [0.05, 0.1) is 6.04 Å². The van der Waals surface area contributed by atoms with Gasteiger partial charge in [0, 0.05) is 37.0 Å². The van der Waals surface area contributed by atoms with Crippen LogP contribution in [0.1, 0.15) is 36.8 Å². The summed E-state index contributed by atoms with van der Waals surface area (Å²) in [5.74, 6) is 1.49. The molecule has 0 spiro atoms. The normalized spacial score (nSPS) is 18.6. The van der Waals surface area contributed by atoms with Crippen molar-refractivity contribution in [2.45, 2.75) is 43.0 Å². The number of aryl methyl sites for hydroxylation is 1. The van der Waals surface area contributed by atoms with Gasteiger partial charge in [-0.3, -0.25) is 4.99 Å². The number of aliphatic imine (C=N–C) groups is 1. The third-order valence-electron chi connectivity index (χ3n) is 4.60. The summed E-state index contributed by atoms with van der Waals surface area (Å²) in [6.07, 6.45) is 0.787. The van der Waals surface area contributed by atoms with Gasteiger partial charge in [0.1, 0.15) is 15.6 Å². The molecule has 0 saturated carbocycles. The summed E-state index contributed by atoms with van der Waals surface area (Å²) >= 11 is 1.26. The molecule has 1 aromatic carbocycles. The molecular weight excluding hydrogens is 408 g/mol. The van der Waals surface area contributed by atoms with Crippen LogP contribution < -0.4 is 20.1 Å². The number of rotatable bonds is 6. The van der Waals surface area contributed by atoms with Gasteiger partial charge in [-0.05, 0) is 39.0 Å². The summed E-state index contributed by atoms with van der Waals surface area (Å²) in [7, 11) is -1.78. The molecule has 3 N–H and O–H groups in total. The van der Waals surface area contributed by atoms with Gasteiger partial charge < -0.3 is 15.4 Å². The Balaban J connectivity index is 1.56. The molecule has 0 saturated heterocycles. The number of thiophene rings is 1. The third-order valence-corrected chi connectivity index (χ3v) is 7.55. The minimum absolute atomic E-state index is 0.0481. The molecule has 0 radical (unpaired) electrons. The van der Waals surface area contributed by atoms with Gasteiger partial charge in [-0.1, -0.05) is 18.2 Å². The molecule has 2 heterocycles. The van der Waals surface area contributed by atoms with E-state index in [0.29, 0.717) is 16.7 Å². The molecule has 1 unspecified atom stereocenters. The number of hydrogen-bond donors (Lipinski definition) is 3. The van der Waals surface area contributed by atoms with E-state index in [1.54, 1.807) is 19.2 Å². The van der Waals surface area contributed by atoms with Crippen LogP contribution >= 0.6 is 11.3 Å². The number of ether oxygens (including phenoxy) is 1. The SMILES string of the molecule is CN=C(NCCNS(=O)(=O)c1ccc(C)s1)NC1CC(C)(C)Oc2ccccc21. The first-order valence-electron chi connectivity index (χ1n) is 9.51. The number of hydrogen-bond acceptors (Lipinski definition) is 5. The highest BCUT2D eigenvalue weighted by atomic mass is 32.2. The number of guanidine groups is 1. The number of nitrogens with one attached hydrogen (secondary N) is 3. The van der Waals surface area contributed by atoms with Crippen molar-refractivity contribution < 1.29 is 13.2 Å². The molecular formula is C20H28N4O3S2. The lowest BCUT2D eigenvalue weighted by Gasteiger charge is -2.38. The Bertz CT molecular complexity index is 983. The highest BCUT2D eigenvalue weighted by molar-refractivity contribution is 7.91. The fourth-order valence-corrected chi connectivity index (χ4v) is 5.64. The minimum atomic E-state index is -3.47. The second-order valence-corrected chi connectivity index (χ2v) is 10.8. The first kappa shape index (κ1) is 21.6. The topological polar surface area (TPSA) is 91.8 Å². The van der Waals surface area contributed by atoms with E-state index in [-0.39, 0.29) is 18.2 Å². The van der Waals surface area contributed by atoms with Crippen LogP contribution in [-0.2, 0) is 10.0 Å². The number of benzene rings is 1. The summed E-state index contributed by atoms with van der Waals surface area (Å²) in [5.41, 5.74) is 0.794. The van der Waals surface area contributed by atoms with E-state index in [0.717, 1.165) is 22.6 Å². The fourth-order valence-electron chi connectivity index (χ4n) is 3.28. The van der Waals surface area contributed by atoms with Crippen molar-refractivity contribution in [2.24, 2.45) is 4.99 Å². The Morgan fingerprint density at radius 2 is 2.00 bits per heavy atom. The number of sulfonamides is 1. The zero-order chi connectivity index (χ0) is 21.1. The van der Waals surface area contributed by atoms with Crippen LogP contribution in [0.5, 0.6) is 5.75 Å². The molecule has 0 bridgehead atoms. The van der Waals surface area contributed by atoms with E-state index in [2.05, 4.69) is 34.2 Å². The number of para-hydroxylation sites is 1. The average molecular weight is 437 g/mol. The maximum atomic E-state index is 12.3. The van der Waals surface area contributed by atoms with Crippen molar-refractivity contribution in [2.75, 3.05) is 20.1 Å². The fraction of sp³-hybridized carbons (Fsp3) is 0.450. The van der Waals surface area contributed by atoms with Gasteiger partial charge >= 0.3 is 0 Å². The standard InChI is InChI=1S/C20H28N4O3S2/c1-14-9-10-18(28-14)29(25,26)23-12-11-22-19(21-4)24-16-13-20(2,3)27-17-8-6-5-7-15(16)17/h5-10,16,23H,11-13H2,1-4H3,(H2,21,22,24). The highest BCUT2D eigenvalue weighted by Gasteiger charge is 2.33. The molecule has 9 heteroatoms. The van der Waals surface area contributed by atoms with E-state index in [1.807, 2.05) is 31.2 Å². The summed E-state index contributed by atoms with van der Waals surface area (Å²) in [4.78, 5) is 5.24. The van der Waals surface area contributed by atoms with Crippen molar-refractivity contribution in [3.8, 4) is 5.75 Å². The average Bonchev–Trinajstić information content (AvgIpc) is 3.10. The molecule has 0 amide bonds. The van der Waals surface area contributed by atoms with Crippen molar-refractivity contribution >= 4 is 27.3 Å². The van der Waals surface area contributed by atoms with Gasteiger partial charge in [0.25, 0.3) is 0 Å². The lowest BCUT2D eigenvalue weighted by Crippen LogP contribution is -2.46. The third kappa shape index (κ3) is 5.49. The molecule has 2 aromatic rings. The van der Waals surface area contributed by atoms with Gasteiger partial charge in [-0.25, -0.2) is 13.1 Å². The van der Waals surface area contributed by atoms with Crippen LogP contribution in [0.4, 0.5) is 0 Å². The predicted octanol–water partition coefficient (Wildman–Crippen LogP) is 2.80. The molecule has 1 aliphatic rings. The van der Waals surface area contributed by atoms with Crippen LogP contribution in [0, 0.1) is 6.92 Å². The van der Waals surface area contributed by atoms with E-state index in [1.165, 1.54) is 11.3 Å². The zero-order valence-electron chi connectivity index (χ0n) is 17.2. The van der Waals surface area contributed by atoms with E-state index in [4.69, 9.17) is 4.74 Å². The van der Waals surface area contributed by atoms with Gasteiger partial charge in [-0.15, -0.1) is 11.3 Å². The maximum absolute atomic E-state index is 12.3. The highest BCUT2D eigenvalue weighted by Crippen LogP contribution is 2.39. The summed E-state index contributed by atoms with van der Waals surface area (Å²) in [6.45, 7) is 6.69. The molecule has 7 nitrogen and oxygen atoms in total. The maximum Gasteiger partial charge on any atom is 0.250 e.